The number of hydrogen-bond donors (Lipinski definition) is 1. The predicted octanol–water partition coefficient (Wildman–Crippen LogP) is 3.96. The highest BCUT2D eigenvalue weighted by Gasteiger charge is 2.43. The molecule has 1 atom stereocenters. The molecule has 0 aliphatic carbocycles. The van der Waals surface area contributed by atoms with Crippen LogP contribution in [0.15, 0.2) is 78.5 Å². The average molecular weight is 475 g/mol. The molecule has 0 fully saturated rings. The van der Waals surface area contributed by atoms with E-state index in [9.17, 15) is 9.59 Å². The molecule has 4 rings (SSSR count). The van der Waals surface area contributed by atoms with Crippen LogP contribution in [-0.4, -0.2) is 65.9 Å². The molecule has 0 unspecified atom stereocenters. The first-order chi connectivity index (χ1) is 17.0. The molecule has 7 heteroatoms. The molecular formula is C28H34N4O3. The van der Waals surface area contributed by atoms with Crippen LogP contribution in [-0.2, 0) is 11.4 Å². The molecule has 2 heterocycles. The molecule has 0 spiro atoms. The van der Waals surface area contributed by atoms with Crippen molar-refractivity contribution in [1.82, 2.24) is 20.0 Å². The molecule has 0 radical (unpaired) electrons. The second-order valence-corrected chi connectivity index (χ2v) is 8.74. The highest BCUT2D eigenvalue weighted by atomic mass is 16.5. The number of ether oxygens (including phenoxy) is 1. The number of benzene rings is 2. The van der Waals surface area contributed by atoms with Crippen molar-refractivity contribution in [3.8, 4) is 5.75 Å². The van der Waals surface area contributed by atoms with Crippen molar-refractivity contribution in [2.75, 3.05) is 39.3 Å². The Labute approximate surface area is 207 Å². The maximum absolute atomic E-state index is 13.6. The number of carbonyl (C=O) groups is 2. The zero-order chi connectivity index (χ0) is 24.8. The van der Waals surface area contributed by atoms with E-state index in [1.165, 1.54) is 0 Å². The lowest BCUT2D eigenvalue weighted by atomic mass is 9.95. The normalized spacial score (nSPS) is 17.6. The summed E-state index contributed by atoms with van der Waals surface area (Å²) >= 11 is 0. The summed E-state index contributed by atoms with van der Waals surface area (Å²) in [4.78, 5) is 32.4. The molecule has 1 N–H and O–H groups in total. The molecule has 184 valence electrons. The fourth-order valence-corrected chi connectivity index (χ4v) is 4.63. The molecule has 2 aromatic rings. The van der Waals surface area contributed by atoms with Gasteiger partial charge in [0.05, 0.1) is 23.9 Å². The van der Waals surface area contributed by atoms with E-state index in [0.717, 1.165) is 36.5 Å². The van der Waals surface area contributed by atoms with Gasteiger partial charge in [0.2, 0.25) is 0 Å². The van der Waals surface area contributed by atoms with E-state index in [-0.39, 0.29) is 11.9 Å². The number of hydrogen-bond acceptors (Lipinski definition) is 4. The third-order valence-corrected chi connectivity index (χ3v) is 6.63. The topological polar surface area (TPSA) is 65.1 Å². The standard InChI is InChI=1S/C28H34N4O3/c1-4-15-32-24-19-31(17-16-30(5-2)6-3)27(33)25(24)26(29-28(32)34)22-13-10-14-23(18-22)35-20-21-11-8-7-9-12-21/h4,7-14,18,26H,1,5-6,15-17,19-20H2,2-3H3,(H,29,34)/t26-/m1/s1. The minimum absolute atomic E-state index is 0.0261. The van der Waals surface area contributed by atoms with Gasteiger partial charge in [-0.05, 0) is 36.3 Å². The molecule has 2 aliphatic rings. The van der Waals surface area contributed by atoms with Gasteiger partial charge in [0.25, 0.3) is 5.91 Å². The number of amides is 3. The quantitative estimate of drug-likeness (QED) is 0.501. The van der Waals surface area contributed by atoms with E-state index >= 15 is 0 Å². The summed E-state index contributed by atoms with van der Waals surface area (Å²) in [5, 5.41) is 3.05. The first-order valence-corrected chi connectivity index (χ1v) is 12.3. The molecule has 0 saturated carbocycles. The Hall–Kier alpha value is -3.58. The van der Waals surface area contributed by atoms with Gasteiger partial charge in [-0.3, -0.25) is 9.69 Å². The van der Waals surface area contributed by atoms with Gasteiger partial charge in [-0.15, -0.1) is 6.58 Å². The third-order valence-electron chi connectivity index (χ3n) is 6.63. The van der Waals surface area contributed by atoms with Crippen LogP contribution in [0.25, 0.3) is 0 Å². The smallest absolute Gasteiger partial charge is 0.322 e. The minimum Gasteiger partial charge on any atom is -0.489 e. The van der Waals surface area contributed by atoms with E-state index in [2.05, 4.69) is 30.6 Å². The molecule has 0 bridgehead atoms. The summed E-state index contributed by atoms with van der Waals surface area (Å²) in [6.45, 7) is 12.6. The average Bonchev–Trinajstić information content (AvgIpc) is 3.21. The van der Waals surface area contributed by atoms with Crippen molar-refractivity contribution in [2.24, 2.45) is 0 Å². The molecule has 35 heavy (non-hydrogen) atoms. The van der Waals surface area contributed by atoms with Gasteiger partial charge in [-0.25, -0.2) is 4.79 Å². The Kier molecular flexibility index (Phi) is 7.87. The molecule has 0 aromatic heterocycles. The highest BCUT2D eigenvalue weighted by molar-refractivity contribution is 6.01. The molecule has 2 aromatic carbocycles. The fourth-order valence-electron chi connectivity index (χ4n) is 4.63. The summed E-state index contributed by atoms with van der Waals surface area (Å²) in [5.41, 5.74) is 3.29. The number of likely N-dealkylation sites (N-methyl/N-ethyl adjacent to an activating group) is 1. The van der Waals surface area contributed by atoms with Gasteiger partial charge in [-0.1, -0.05) is 62.4 Å². The summed E-state index contributed by atoms with van der Waals surface area (Å²) in [5.74, 6) is 0.668. The van der Waals surface area contributed by atoms with Crippen molar-refractivity contribution in [3.63, 3.8) is 0 Å². The maximum atomic E-state index is 13.6. The van der Waals surface area contributed by atoms with Crippen molar-refractivity contribution in [1.29, 1.82) is 0 Å². The van der Waals surface area contributed by atoms with Gasteiger partial charge in [0.1, 0.15) is 12.4 Å². The van der Waals surface area contributed by atoms with Gasteiger partial charge < -0.3 is 19.9 Å². The summed E-state index contributed by atoms with van der Waals surface area (Å²) in [6, 6.07) is 16.8. The van der Waals surface area contributed by atoms with Gasteiger partial charge >= 0.3 is 6.03 Å². The van der Waals surface area contributed by atoms with Crippen LogP contribution in [0, 0.1) is 0 Å². The Balaban J connectivity index is 1.58. The lowest BCUT2D eigenvalue weighted by molar-refractivity contribution is -0.126. The van der Waals surface area contributed by atoms with E-state index in [4.69, 9.17) is 4.74 Å². The second-order valence-electron chi connectivity index (χ2n) is 8.74. The van der Waals surface area contributed by atoms with E-state index in [1.54, 1.807) is 11.0 Å². The van der Waals surface area contributed by atoms with Gasteiger partial charge in [0, 0.05) is 19.6 Å². The molecule has 7 nitrogen and oxygen atoms in total. The van der Waals surface area contributed by atoms with Crippen LogP contribution in [0.4, 0.5) is 4.79 Å². The largest absolute Gasteiger partial charge is 0.489 e. The summed E-state index contributed by atoms with van der Waals surface area (Å²) < 4.78 is 6.01. The highest BCUT2D eigenvalue weighted by Crippen LogP contribution is 2.37. The number of rotatable bonds is 11. The van der Waals surface area contributed by atoms with Crippen LogP contribution in [0.5, 0.6) is 5.75 Å². The number of nitrogens with zero attached hydrogens (tertiary/aromatic N) is 3. The van der Waals surface area contributed by atoms with Crippen LogP contribution in [0.3, 0.4) is 0 Å². The van der Waals surface area contributed by atoms with Gasteiger partial charge in [-0.2, -0.15) is 0 Å². The van der Waals surface area contributed by atoms with E-state index in [1.807, 2.05) is 59.5 Å². The predicted molar refractivity (Wildman–Crippen MR) is 137 cm³/mol. The fraction of sp³-hybridized carbons (Fsp3) is 0.357. The van der Waals surface area contributed by atoms with Crippen LogP contribution < -0.4 is 10.1 Å². The first kappa shape index (κ1) is 24.5. The molecule has 3 amide bonds. The Morgan fingerprint density at radius 3 is 2.60 bits per heavy atom. The summed E-state index contributed by atoms with van der Waals surface area (Å²) in [7, 11) is 0. The van der Waals surface area contributed by atoms with Crippen molar-refractivity contribution in [3.05, 3.63) is 89.6 Å². The lowest BCUT2D eigenvalue weighted by Gasteiger charge is -2.33. The third kappa shape index (κ3) is 5.41. The second kappa shape index (κ2) is 11.2. The maximum Gasteiger partial charge on any atom is 0.322 e. The SMILES string of the molecule is C=CCN1C(=O)N[C@H](c2cccc(OCc3ccccc3)c2)C2=C1CN(CCN(CC)CC)C2=O. The number of nitrogens with one attached hydrogen (secondary N) is 1. The number of urea groups is 1. The molecular weight excluding hydrogens is 440 g/mol. The summed E-state index contributed by atoms with van der Waals surface area (Å²) in [6.07, 6.45) is 1.69. The monoisotopic (exact) mass is 474 g/mol. The van der Waals surface area contributed by atoms with Crippen molar-refractivity contribution >= 4 is 11.9 Å². The van der Waals surface area contributed by atoms with Crippen molar-refractivity contribution in [2.45, 2.75) is 26.5 Å². The number of carbonyl (C=O) groups excluding carboxylic acids is 2. The lowest BCUT2D eigenvalue weighted by Crippen LogP contribution is -2.47. The van der Waals surface area contributed by atoms with Crippen LogP contribution >= 0.6 is 0 Å². The van der Waals surface area contributed by atoms with Crippen LogP contribution in [0.1, 0.15) is 31.0 Å². The van der Waals surface area contributed by atoms with E-state index < -0.39 is 6.04 Å². The minimum atomic E-state index is -0.523. The molecule has 2 aliphatic heterocycles. The van der Waals surface area contributed by atoms with Crippen molar-refractivity contribution < 1.29 is 14.3 Å². The van der Waals surface area contributed by atoms with Gasteiger partial charge in [0.15, 0.2) is 0 Å². The Bertz CT molecular complexity index is 1090. The molecule has 0 saturated heterocycles. The Morgan fingerprint density at radius 2 is 1.89 bits per heavy atom. The Morgan fingerprint density at radius 1 is 1.11 bits per heavy atom. The zero-order valence-corrected chi connectivity index (χ0v) is 20.6. The zero-order valence-electron chi connectivity index (χ0n) is 20.6. The van der Waals surface area contributed by atoms with E-state index in [0.29, 0.717) is 37.6 Å². The van der Waals surface area contributed by atoms with Crippen LogP contribution in [0.2, 0.25) is 0 Å². The first-order valence-electron chi connectivity index (χ1n) is 12.3.